The largest absolute Gasteiger partial charge is 0.466 e. The first-order valence-corrected chi connectivity index (χ1v) is 5.87. The standard InChI is InChI=1S/C12H21NO4/c1-5-17-11(15)7-6-10(14)9(4)13-12(16)8(2)3/h8-9H,5-7H2,1-4H3,(H,13,16)/t9-/m0/s1. The molecule has 1 N–H and O–H groups in total. The molecule has 0 saturated heterocycles. The minimum Gasteiger partial charge on any atom is -0.466 e. The molecule has 98 valence electrons. The highest BCUT2D eigenvalue weighted by Crippen LogP contribution is 2.00. The van der Waals surface area contributed by atoms with E-state index in [0.29, 0.717) is 6.61 Å². The first-order chi connectivity index (χ1) is 7.88. The molecule has 0 aliphatic rings. The summed E-state index contributed by atoms with van der Waals surface area (Å²) in [4.78, 5) is 34.0. The Balaban J connectivity index is 3.98. The summed E-state index contributed by atoms with van der Waals surface area (Å²) in [6, 6.07) is -0.556. The van der Waals surface area contributed by atoms with Crippen LogP contribution in [0.15, 0.2) is 0 Å². The molecule has 0 aromatic rings. The van der Waals surface area contributed by atoms with Crippen LogP contribution in [0.25, 0.3) is 0 Å². The summed E-state index contributed by atoms with van der Waals surface area (Å²) < 4.78 is 4.71. The molecule has 0 unspecified atom stereocenters. The molecule has 0 radical (unpaired) electrons. The van der Waals surface area contributed by atoms with Crippen LogP contribution in [0.4, 0.5) is 0 Å². The molecule has 0 heterocycles. The van der Waals surface area contributed by atoms with E-state index in [-0.39, 0.29) is 36.4 Å². The van der Waals surface area contributed by atoms with Gasteiger partial charge in [-0.05, 0) is 13.8 Å². The molecule has 17 heavy (non-hydrogen) atoms. The van der Waals surface area contributed by atoms with E-state index in [0.717, 1.165) is 0 Å². The van der Waals surface area contributed by atoms with Crippen molar-refractivity contribution in [1.82, 2.24) is 5.32 Å². The zero-order valence-electron chi connectivity index (χ0n) is 10.9. The van der Waals surface area contributed by atoms with E-state index < -0.39 is 6.04 Å². The molecule has 0 saturated carbocycles. The van der Waals surface area contributed by atoms with Crippen LogP contribution in [0.3, 0.4) is 0 Å². The summed E-state index contributed by atoms with van der Waals surface area (Å²) in [6.07, 6.45) is 0.160. The van der Waals surface area contributed by atoms with Gasteiger partial charge in [-0.15, -0.1) is 0 Å². The number of ether oxygens (including phenoxy) is 1. The lowest BCUT2D eigenvalue weighted by atomic mass is 10.1. The van der Waals surface area contributed by atoms with Gasteiger partial charge in [0.2, 0.25) is 5.91 Å². The maximum Gasteiger partial charge on any atom is 0.306 e. The molecule has 5 heteroatoms. The normalized spacial score (nSPS) is 12.1. The summed E-state index contributed by atoms with van der Waals surface area (Å²) in [6.45, 7) is 7.15. The molecule has 0 aliphatic carbocycles. The predicted molar refractivity (Wildman–Crippen MR) is 63.3 cm³/mol. The number of ketones is 1. The molecule has 0 fully saturated rings. The van der Waals surface area contributed by atoms with Gasteiger partial charge in [0.25, 0.3) is 0 Å². The predicted octanol–water partition coefficient (Wildman–Crippen LogP) is 1.06. The van der Waals surface area contributed by atoms with Gasteiger partial charge in [-0.3, -0.25) is 14.4 Å². The summed E-state index contributed by atoms with van der Waals surface area (Å²) in [7, 11) is 0. The van der Waals surface area contributed by atoms with Gasteiger partial charge >= 0.3 is 5.97 Å². The Bertz CT molecular complexity index is 286. The maximum atomic E-state index is 11.6. The van der Waals surface area contributed by atoms with Crippen molar-refractivity contribution in [2.24, 2.45) is 5.92 Å². The zero-order chi connectivity index (χ0) is 13.4. The molecule has 0 bridgehead atoms. The van der Waals surface area contributed by atoms with Crippen molar-refractivity contribution < 1.29 is 19.1 Å². The van der Waals surface area contributed by atoms with Gasteiger partial charge in [-0.2, -0.15) is 0 Å². The number of carbonyl (C=O) groups is 3. The Morgan fingerprint density at radius 2 is 1.71 bits per heavy atom. The van der Waals surface area contributed by atoms with Crippen LogP contribution < -0.4 is 5.32 Å². The molecular weight excluding hydrogens is 222 g/mol. The zero-order valence-corrected chi connectivity index (χ0v) is 10.9. The molecule has 0 aliphatic heterocycles. The van der Waals surface area contributed by atoms with Crippen molar-refractivity contribution in [3.8, 4) is 0 Å². The van der Waals surface area contributed by atoms with Crippen molar-refractivity contribution in [2.75, 3.05) is 6.61 Å². The second kappa shape index (κ2) is 7.81. The van der Waals surface area contributed by atoms with E-state index in [9.17, 15) is 14.4 Å². The van der Waals surface area contributed by atoms with Crippen molar-refractivity contribution in [2.45, 2.75) is 46.6 Å². The SMILES string of the molecule is CCOC(=O)CCC(=O)[C@H](C)NC(=O)C(C)C. The lowest BCUT2D eigenvalue weighted by Gasteiger charge is -2.14. The highest BCUT2D eigenvalue weighted by molar-refractivity contribution is 5.90. The third-order valence-electron chi connectivity index (χ3n) is 2.25. The molecule has 0 aromatic carbocycles. The average Bonchev–Trinajstić information content (AvgIpc) is 2.25. The molecule has 0 rings (SSSR count). The Kier molecular flexibility index (Phi) is 7.18. The van der Waals surface area contributed by atoms with E-state index in [2.05, 4.69) is 5.32 Å². The second-order valence-electron chi connectivity index (χ2n) is 4.16. The van der Waals surface area contributed by atoms with Crippen LogP contribution in [-0.4, -0.2) is 30.3 Å². The summed E-state index contributed by atoms with van der Waals surface area (Å²) in [5.74, 6) is -0.868. The van der Waals surface area contributed by atoms with Crippen LogP contribution in [0.5, 0.6) is 0 Å². The van der Waals surface area contributed by atoms with Crippen LogP contribution >= 0.6 is 0 Å². The number of rotatable bonds is 7. The molecule has 0 aromatic heterocycles. The topological polar surface area (TPSA) is 72.5 Å². The van der Waals surface area contributed by atoms with Crippen molar-refractivity contribution >= 4 is 17.7 Å². The van der Waals surface area contributed by atoms with Crippen molar-refractivity contribution in [1.29, 1.82) is 0 Å². The molecular formula is C12H21NO4. The first kappa shape index (κ1) is 15.6. The van der Waals surface area contributed by atoms with Crippen molar-refractivity contribution in [3.63, 3.8) is 0 Å². The van der Waals surface area contributed by atoms with Crippen LogP contribution in [-0.2, 0) is 19.1 Å². The van der Waals surface area contributed by atoms with Crippen LogP contribution in [0.1, 0.15) is 40.5 Å². The Hall–Kier alpha value is -1.39. The third-order valence-corrected chi connectivity index (χ3v) is 2.25. The van der Waals surface area contributed by atoms with E-state index in [1.54, 1.807) is 27.7 Å². The minimum absolute atomic E-state index is 0.0640. The van der Waals surface area contributed by atoms with Crippen LogP contribution in [0.2, 0.25) is 0 Å². The van der Waals surface area contributed by atoms with Gasteiger partial charge in [0, 0.05) is 12.3 Å². The van der Waals surface area contributed by atoms with Gasteiger partial charge in [-0.1, -0.05) is 13.8 Å². The highest BCUT2D eigenvalue weighted by Gasteiger charge is 2.18. The lowest BCUT2D eigenvalue weighted by Crippen LogP contribution is -2.40. The van der Waals surface area contributed by atoms with E-state index in [1.165, 1.54) is 0 Å². The third kappa shape index (κ3) is 6.71. The number of nitrogens with one attached hydrogen (secondary N) is 1. The average molecular weight is 243 g/mol. The molecule has 1 amide bonds. The van der Waals surface area contributed by atoms with Gasteiger partial charge < -0.3 is 10.1 Å². The summed E-state index contributed by atoms with van der Waals surface area (Å²) >= 11 is 0. The van der Waals surface area contributed by atoms with Crippen LogP contribution in [0, 0.1) is 5.92 Å². The maximum absolute atomic E-state index is 11.6. The highest BCUT2D eigenvalue weighted by atomic mass is 16.5. The van der Waals surface area contributed by atoms with E-state index in [4.69, 9.17) is 4.74 Å². The fourth-order valence-electron chi connectivity index (χ4n) is 1.14. The number of amides is 1. The number of esters is 1. The Morgan fingerprint density at radius 1 is 1.12 bits per heavy atom. The van der Waals surface area contributed by atoms with Gasteiger partial charge in [0.1, 0.15) is 0 Å². The lowest BCUT2D eigenvalue weighted by molar-refractivity contribution is -0.144. The quantitative estimate of drug-likeness (QED) is 0.679. The Morgan fingerprint density at radius 3 is 2.18 bits per heavy atom. The fraction of sp³-hybridized carbons (Fsp3) is 0.750. The summed E-state index contributed by atoms with van der Waals surface area (Å²) in [5, 5.41) is 2.59. The first-order valence-electron chi connectivity index (χ1n) is 5.87. The van der Waals surface area contributed by atoms with Gasteiger partial charge in [0.15, 0.2) is 5.78 Å². The molecule has 0 spiro atoms. The molecule has 1 atom stereocenters. The number of hydrogen-bond donors (Lipinski definition) is 1. The smallest absolute Gasteiger partial charge is 0.306 e. The monoisotopic (exact) mass is 243 g/mol. The number of carbonyl (C=O) groups excluding carboxylic acids is 3. The van der Waals surface area contributed by atoms with E-state index >= 15 is 0 Å². The molecule has 5 nitrogen and oxygen atoms in total. The Labute approximate surface area is 102 Å². The fourth-order valence-corrected chi connectivity index (χ4v) is 1.14. The second-order valence-corrected chi connectivity index (χ2v) is 4.16. The number of Topliss-reactive ketones (excluding diaryl/α,β-unsaturated/α-hetero) is 1. The van der Waals surface area contributed by atoms with Crippen molar-refractivity contribution in [3.05, 3.63) is 0 Å². The summed E-state index contributed by atoms with van der Waals surface area (Å²) in [5.41, 5.74) is 0. The number of hydrogen-bond acceptors (Lipinski definition) is 4. The van der Waals surface area contributed by atoms with Gasteiger partial charge in [-0.25, -0.2) is 0 Å². The van der Waals surface area contributed by atoms with Gasteiger partial charge in [0.05, 0.1) is 19.1 Å². The van der Waals surface area contributed by atoms with E-state index in [1.807, 2.05) is 0 Å². The minimum atomic E-state index is -0.556.